The highest BCUT2D eigenvalue weighted by Gasteiger charge is 2.46. The van der Waals surface area contributed by atoms with Gasteiger partial charge in [-0.3, -0.25) is 4.79 Å². The SMILES string of the molecule is CCCCCC1C=CC(CCCCCC(C(=O)O)C(O)CCC2(O)CC(CC3=CCNC(N)=C3)CC2Cc2cc(CC)c(-c3cc(O)cc(O)c3Cc3ccccc3)[nH]2)C(O)C1. The van der Waals surface area contributed by atoms with Gasteiger partial charge in [0.25, 0.3) is 0 Å². The average Bonchev–Trinajstić information content (AvgIpc) is 3.79. The van der Waals surface area contributed by atoms with E-state index in [1.807, 2.05) is 36.4 Å². The third-order valence-corrected chi connectivity index (χ3v) is 14.1. The summed E-state index contributed by atoms with van der Waals surface area (Å²) in [5.74, 6) is -0.711. The van der Waals surface area contributed by atoms with E-state index in [0.29, 0.717) is 62.4 Å². The van der Waals surface area contributed by atoms with Crippen molar-refractivity contribution in [1.29, 1.82) is 0 Å². The normalized spacial score (nSPS) is 24.6. The molecule has 10 N–H and O–H groups in total. The van der Waals surface area contributed by atoms with Gasteiger partial charge in [-0.15, -0.1) is 0 Å². The summed E-state index contributed by atoms with van der Waals surface area (Å²) < 4.78 is 0. The molecule has 1 aromatic heterocycles. The summed E-state index contributed by atoms with van der Waals surface area (Å²) in [5.41, 5.74) is 11.4. The van der Waals surface area contributed by atoms with Crippen molar-refractivity contribution in [2.24, 2.45) is 35.3 Å². The Morgan fingerprint density at radius 2 is 1.74 bits per heavy atom. The minimum atomic E-state index is -1.14. The van der Waals surface area contributed by atoms with Crippen LogP contribution in [0.5, 0.6) is 11.5 Å². The maximum absolute atomic E-state index is 12.6. The van der Waals surface area contributed by atoms with Crippen molar-refractivity contribution in [3.05, 3.63) is 107 Å². The van der Waals surface area contributed by atoms with Crippen molar-refractivity contribution in [3.63, 3.8) is 0 Å². The summed E-state index contributed by atoms with van der Waals surface area (Å²) in [6, 6.07) is 15.1. The summed E-state index contributed by atoms with van der Waals surface area (Å²) in [7, 11) is 0. The van der Waals surface area contributed by atoms with Crippen molar-refractivity contribution < 1.29 is 35.4 Å². The van der Waals surface area contributed by atoms with Gasteiger partial charge in [-0.25, -0.2) is 0 Å². The molecule has 2 heterocycles. The molecule has 6 rings (SSSR count). The number of benzene rings is 2. The van der Waals surface area contributed by atoms with Crippen molar-refractivity contribution in [2.45, 2.75) is 147 Å². The van der Waals surface area contributed by atoms with Crippen molar-refractivity contribution >= 4 is 5.97 Å². The number of phenols is 2. The molecule has 2 aliphatic carbocycles. The summed E-state index contributed by atoms with van der Waals surface area (Å²) in [4.78, 5) is 16.2. The molecule has 1 saturated carbocycles. The lowest BCUT2D eigenvalue weighted by molar-refractivity contribution is -0.146. The van der Waals surface area contributed by atoms with Gasteiger partial charge in [0.2, 0.25) is 0 Å². The third kappa shape index (κ3) is 12.6. The Morgan fingerprint density at radius 1 is 0.952 bits per heavy atom. The van der Waals surface area contributed by atoms with Crippen LogP contribution in [0.25, 0.3) is 11.3 Å². The lowest BCUT2D eigenvalue weighted by Gasteiger charge is -2.32. The number of carboxylic acids is 1. The van der Waals surface area contributed by atoms with Gasteiger partial charge in [-0.05, 0) is 123 Å². The van der Waals surface area contributed by atoms with Crippen LogP contribution in [0, 0.1) is 29.6 Å². The second-order valence-electron chi connectivity index (χ2n) is 18.8. The first kappa shape index (κ1) is 47.0. The lowest BCUT2D eigenvalue weighted by Crippen LogP contribution is -2.37. The predicted octanol–water partition coefficient (Wildman–Crippen LogP) is 9.19. The number of allylic oxidation sites excluding steroid dienone is 3. The fourth-order valence-corrected chi connectivity index (χ4v) is 10.6. The van der Waals surface area contributed by atoms with E-state index in [1.54, 1.807) is 6.07 Å². The van der Waals surface area contributed by atoms with Crippen molar-refractivity contribution in [2.75, 3.05) is 6.54 Å². The lowest BCUT2D eigenvalue weighted by atomic mass is 9.80. The van der Waals surface area contributed by atoms with Crippen LogP contribution in [0.1, 0.15) is 133 Å². The number of carbonyl (C=O) groups is 1. The number of aliphatic hydroxyl groups excluding tert-OH is 2. The molecule has 2 aromatic carbocycles. The number of aliphatic hydroxyl groups is 3. The Morgan fingerprint density at radius 3 is 2.47 bits per heavy atom. The van der Waals surface area contributed by atoms with Crippen LogP contribution >= 0.6 is 0 Å². The Labute approximate surface area is 369 Å². The molecule has 1 fully saturated rings. The number of nitrogens with one attached hydrogen (secondary N) is 2. The minimum Gasteiger partial charge on any atom is -0.508 e. The molecule has 8 atom stereocenters. The Kier molecular flexibility index (Phi) is 16.8. The first-order chi connectivity index (χ1) is 29.8. The van der Waals surface area contributed by atoms with E-state index >= 15 is 0 Å². The largest absolute Gasteiger partial charge is 0.508 e. The van der Waals surface area contributed by atoms with Crippen molar-refractivity contribution in [3.8, 4) is 22.8 Å². The number of aryl methyl sites for hydroxylation is 1. The van der Waals surface area contributed by atoms with Crippen LogP contribution in [0.4, 0.5) is 0 Å². The molecule has 0 bridgehead atoms. The van der Waals surface area contributed by atoms with Crippen LogP contribution in [0.2, 0.25) is 0 Å². The van der Waals surface area contributed by atoms with Gasteiger partial charge in [0.05, 0.1) is 29.5 Å². The monoisotopic (exact) mass is 852 g/mol. The number of dihydropyridines is 1. The Hall–Kier alpha value is -4.51. The molecule has 338 valence electrons. The van der Waals surface area contributed by atoms with Gasteiger partial charge >= 0.3 is 5.97 Å². The summed E-state index contributed by atoms with van der Waals surface area (Å²) in [5, 5.41) is 69.9. The molecule has 10 nitrogen and oxygen atoms in total. The zero-order valence-corrected chi connectivity index (χ0v) is 37.1. The number of aromatic hydroxyl groups is 2. The van der Waals surface area contributed by atoms with E-state index in [-0.39, 0.29) is 48.2 Å². The number of nitrogens with two attached hydrogens (primary N) is 1. The molecule has 0 saturated heterocycles. The highest BCUT2D eigenvalue weighted by atomic mass is 16.4. The van der Waals surface area contributed by atoms with E-state index in [0.717, 1.165) is 78.6 Å². The molecule has 1 aliphatic heterocycles. The van der Waals surface area contributed by atoms with Crippen LogP contribution in [-0.2, 0) is 24.1 Å². The number of rotatable bonds is 23. The van der Waals surface area contributed by atoms with Gasteiger partial charge in [0.15, 0.2) is 0 Å². The number of unbranched alkanes of at least 4 members (excludes halogenated alkanes) is 4. The number of hydrogen-bond donors (Lipinski definition) is 9. The summed E-state index contributed by atoms with van der Waals surface area (Å²) in [6.45, 7) is 4.94. The van der Waals surface area contributed by atoms with Crippen LogP contribution in [0.3, 0.4) is 0 Å². The van der Waals surface area contributed by atoms with Crippen LogP contribution in [-0.4, -0.2) is 65.9 Å². The molecule has 0 radical (unpaired) electrons. The molecule has 0 amide bonds. The number of H-pyrrole nitrogens is 1. The van der Waals surface area contributed by atoms with E-state index in [9.17, 15) is 35.4 Å². The average molecular weight is 852 g/mol. The number of hydrogen-bond acceptors (Lipinski definition) is 8. The number of aliphatic carboxylic acids is 1. The minimum absolute atomic E-state index is 0.0246. The zero-order valence-electron chi connectivity index (χ0n) is 37.1. The topological polar surface area (TPSA) is 192 Å². The van der Waals surface area contributed by atoms with Gasteiger partial charge in [0, 0.05) is 47.5 Å². The molecule has 3 aliphatic rings. The van der Waals surface area contributed by atoms with Crippen molar-refractivity contribution in [1.82, 2.24) is 10.3 Å². The van der Waals surface area contributed by atoms with E-state index in [1.165, 1.54) is 25.3 Å². The highest BCUT2D eigenvalue weighted by Crippen LogP contribution is 2.48. The van der Waals surface area contributed by atoms with Crippen LogP contribution < -0.4 is 11.1 Å². The van der Waals surface area contributed by atoms with Crippen LogP contribution in [0.15, 0.2) is 84.2 Å². The predicted molar refractivity (Wildman–Crippen MR) is 246 cm³/mol. The summed E-state index contributed by atoms with van der Waals surface area (Å²) in [6.07, 6.45) is 20.6. The summed E-state index contributed by atoms with van der Waals surface area (Å²) >= 11 is 0. The van der Waals surface area contributed by atoms with Gasteiger partial charge in [0.1, 0.15) is 11.5 Å². The molecule has 8 unspecified atom stereocenters. The quantitative estimate of drug-likeness (QED) is 0.0331. The van der Waals surface area contributed by atoms with Gasteiger partial charge in [-0.1, -0.05) is 101 Å². The number of phenolic OH excluding ortho intramolecular Hbond substituents is 2. The highest BCUT2D eigenvalue weighted by molar-refractivity contribution is 5.73. The fourth-order valence-electron chi connectivity index (χ4n) is 10.6. The van der Waals surface area contributed by atoms with E-state index < -0.39 is 23.6 Å². The Bertz CT molecular complexity index is 2010. The number of aromatic nitrogens is 1. The molecule has 10 heteroatoms. The first-order valence-corrected chi connectivity index (χ1v) is 23.5. The molecular weight excluding hydrogens is 779 g/mol. The molecule has 0 spiro atoms. The maximum Gasteiger partial charge on any atom is 0.309 e. The second-order valence-corrected chi connectivity index (χ2v) is 18.8. The number of aromatic amines is 1. The smallest absolute Gasteiger partial charge is 0.309 e. The van der Waals surface area contributed by atoms with Gasteiger partial charge in [-0.2, -0.15) is 0 Å². The molecule has 62 heavy (non-hydrogen) atoms. The maximum atomic E-state index is 12.6. The van der Waals surface area contributed by atoms with Gasteiger partial charge < -0.3 is 46.7 Å². The number of carboxylic acid groups (broad SMARTS) is 1. The second kappa shape index (κ2) is 22.2. The Balaban J connectivity index is 1.12. The first-order valence-electron chi connectivity index (χ1n) is 23.5. The van der Waals surface area contributed by atoms with E-state index in [4.69, 9.17) is 5.73 Å². The molecular formula is C52H73N3O7. The zero-order chi connectivity index (χ0) is 44.2. The fraction of sp³-hybridized carbons (Fsp3) is 0.558. The third-order valence-electron chi connectivity index (χ3n) is 14.1. The standard InChI is InChI=1S/C52H73N3O7/c1-3-5-8-13-35-18-19-39(47(58)27-35)16-11-7-12-17-43(51(60)61)46(57)20-22-52(62)33-37(24-36-21-23-54-49(53)28-36)25-40(52)30-41-29-38(4-2)50(55-41)45-31-42(56)32-48(59)44(45)26-34-14-9-6-10-15-34/h6,9-10,14-15,18-19,21,28-29,31-32,35,37,39-40,43,46-47,54-59,62H,3-5,7-8,11-13,16-17,20,22-27,30,33,53H2,1-2H3,(H,60,61). The molecule has 3 aromatic rings. The van der Waals surface area contributed by atoms with E-state index in [2.05, 4.69) is 48.4 Å².